The number of likely N-dealkylation sites (tertiary alicyclic amines) is 2. The highest BCUT2D eigenvalue weighted by Gasteiger charge is 2.31. The van der Waals surface area contributed by atoms with E-state index in [1.807, 2.05) is 140 Å². The third kappa shape index (κ3) is 25.1. The molecule has 8 heterocycles. The zero-order valence-corrected chi connectivity index (χ0v) is 76.1. The lowest BCUT2D eigenvalue weighted by Gasteiger charge is -2.41. The number of nitrogens with two attached hydrogens (primary N) is 1. The Hall–Kier alpha value is -8.98. The van der Waals surface area contributed by atoms with E-state index in [4.69, 9.17) is 41.5 Å². The minimum atomic E-state index is -4.02. The summed E-state index contributed by atoms with van der Waals surface area (Å²) in [4.78, 5) is 27.9. The molecule has 24 nitrogen and oxygen atoms in total. The Morgan fingerprint density at radius 3 is 1.39 bits per heavy atom. The Kier molecular flexibility index (Phi) is 32.4. The molecule has 632 valence electrons. The van der Waals surface area contributed by atoms with Crippen molar-refractivity contribution >= 4 is 130 Å². The lowest BCUT2D eigenvalue weighted by molar-refractivity contribution is 0.141. The maximum absolute atomic E-state index is 13.5. The maximum Gasteiger partial charge on any atom is 0.294 e. The number of piperidine rings is 4. The predicted molar refractivity (Wildman–Crippen MR) is 495 cm³/mol. The van der Waals surface area contributed by atoms with Crippen LogP contribution < -0.4 is 51.6 Å². The summed E-state index contributed by atoms with van der Waals surface area (Å²) in [6, 6.07) is 47.8. The highest BCUT2D eigenvalue weighted by molar-refractivity contribution is 9.11. The number of unbranched alkanes of at least 4 members (excludes halogenated alkanes) is 1. The molecule has 7 N–H and O–H groups in total. The fourth-order valence-corrected chi connectivity index (χ4v) is 18.7. The van der Waals surface area contributed by atoms with Gasteiger partial charge in [-0.3, -0.25) is 13.9 Å². The molecule has 0 spiro atoms. The molecule has 4 fully saturated rings. The van der Waals surface area contributed by atoms with Crippen molar-refractivity contribution in [2.24, 2.45) is 14.1 Å². The van der Waals surface area contributed by atoms with Gasteiger partial charge < -0.3 is 65.0 Å². The number of aliphatic hydroxyl groups excluding tert-OH is 1. The lowest BCUT2D eigenvalue weighted by Crippen LogP contribution is -2.46. The third-order valence-electron chi connectivity index (χ3n) is 21.5. The topological polar surface area (TPSA) is 289 Å². The molecule has 0 atom stereocenters. The largest absolute Gasteiger partial charge is 0.495 e. The summed E-state index contributed by atoms with van der Waals surface area (Å²) in [6.45, 7) is 20.5. The quantitative estimate of drug-likeness (QED) is 0.0169. The molecule has 30 heteroatoms. The SMILES string of the molecule is CCCCO.COc1cc(N2CCC(N3CCCCC3)CC2)c(-c2cnn(C)c2)cc1N.COc1cc(N2CCC(N3CCCCC3)CC2)c(-c2cnn(C)c2)cc1Nc1ncc(Br)c(Nc2ccc(-c3ccccc3)cc2P(C)(C)=O)n1.CP(C)(=O)c1cc(-c2ccccc2)ccc1Nc1nc(Cl)ncc1Br.Cc1ccc(S(=O)(=O)O)cc1. The molecule has 7 aromatic carbocycles. The van der Waals surface area contributed by atoms with Crippen LogP contribution in [0.3, 0.4) is 0 Å². The zero-order chi connectivity index (χ0) is 85.0. The van der Waals surface area contributed by atoms with E-state index < -0.39 is 24.4 Å². The molecule has 0 amide bonds. The third-order valence-corrected chi connectivity index (χ3v) is 26.8. The van der Waals surface area contributed by atoms with Crippen molar-refractivity contribution in [2.75, 3.05) is 131 Å². The first-order valence-electron chi connectivity index (χ1n) is 40.4. The highest BCUT2D eigenvalue weighted by atomic mass is 79.9. The number of methoxy groups -OCH3 is 2. The van der Waals surface area contributed by atoms with E-state index in [2.05, 4.69) is 136 Å². The second kappa shape index (κ2) is 42.5. The molecule has 4 aliphatic rings. The van der Waals surface area contributed by atoms with Crippen LogP contribution >= 0.6 is 57.7 Å². The summed E-state index contributed by atoms with van der Waals surface area (Å²) in [5.74, 6) is 2.92. The number of benzene rings is 7. The molecule has 4 aromatic heterocycles. The number of nitrogen functional groups attached to an aromatic ring is 1. The first-order chi connectivity index (χ1) is 57.1. The van der Waals surface area contributed by atoms with Crippen LogP contribution in [-0.2, 0) is 33.3 Å². The second-order valence-corrected chi connectivity index (χ2v) is 40.8. The summed E-state index contributed by atoms with van der Waals surface area (Å²) in [5, 5.41) is 28.6. The monoisotopic (exact) mass is 1820 g/mol. The Morgan fingerprint density at radius 2 is 0.983 bits per heavy atom. The average molecular weight is 1820 g/mol. The number of hydrogen-bond acceptors (Lipinski definition) is 21. The summed E-state index contributed by atoms with van der Waals surface area (Å²) in [5.41, 5.74) is 20.9. The number of aromatic nitrogens is 8. The standard InChI is InChI=1S/C39H46BrN8O2P.C21H31N5O.C18H16BrClN3OP.C7H8O3S.C4H10O/c1-46-26-29(24-42-46)31-22-34(36(50-2)23-35(31)48-19-15-30(16-20-48)47-17-9-6-10-18-47)44-39-41-25-32(40)38(45-39)43-33-14-13-28(21-37(33)51(3,4)49)27-11-7-5-8-12-27;1-24-15-16(14-23-24)18-12-19(22)21(27-2)13-20(18)26-10-6-17(7-11-26)25-8-4-3-5-9-25;1-25(2,24)16-10-13(12-6-4-3-5-7-12)8-9-15(16)22-17-14(19)11-21-18(20)23-17;1-6-2-4-7(5-3-6)11(8,9)10;1-2-3-4-5/h5,7-8,11-14,21-26,30H,6,9-10,15-20H2,1-4H3,(H2,41,43,44,45);12-15,17H,3-11,22H2,1-2H3;3-11H,1-2H3,(H,21,22,23);2-5H,1H3,(H,8,9,10);5H,2-4H2,1H3. The normalized spacial score (nSPS) is 15.0. The molecule has 0 radical (unpaired) electrons. The molecule has 0 bridgehead atoms. The smallest absolute Gasteiger partial charge is 0.294 e. The van der Waals surface area contributed by atoms with Crippen LogP contribution in [0.15, 0.2) is 197 Å². The van der Waals surface area contributed by atoms with Gasteiger partial charge in [0.1, 0.15) is 37.4 Å². The van der Waals surface area contributed by atoms with E-state index in [1.54, 1.807) is 65.4 Å². The fourth-order valence-electron chi connectivity index (χ4n) is 15.2. The van der Waals surface area contributed by atoms with Gasteiger partial charge in [-0.1, -0.05) is 117 Å². The first kappa shape index (κ1) is 90.8. The van der Waals surface area contributed by atoms with Gasteiger partial charge in [0.15, 0.2) is 0 Å². The summed E-state index contributed by atoms with van der Waals surface area (Å²) in [6.07, 6.45) is 26.1. The van der Waals surface area contributed by atoms with Gasteiger partial charge in [0.05, 0.1) is 63.2 Å². The van der Waals surface area contributed by atoms with Crippen LogP contribution in [0.1, 0.15) is 89.5 Å². The van der Waals surface area contributed by atoms with Crippen LogP contribution in [0.2, 0.25) is 5.28 Å². The zero-order valence-electron chi connectivity index (χ0n) is 69.5. The van der Waals surface area contributed by atoms with Gasteiger partial charge in [-0.2, -0.15) is 28.6 Å². The van der Waals surface area contributed by atoms with Crippen molar-refractivity contribution in [1.29, 1.82) is 0 Å². The van der Waals surface area contributed by atoms with Gasteiger partial charge in [0.25, 0.3) is 10.1 Å². The van der Waals surface area contributed by atoms with Crippen molar-refractivity contribution in [2.45, 2.75) is 108 Å². The van der Waals surface area contributed by atoms with E-state index >= 15 is 0 Å². The van der Waals surface area contributed by atoms with Crippen LogP contribution in [0, 0.1) is 6.92 Å². The fraction of sp³-hybridized carbons (Fsp3) is 0.371. The average Bonchev–Trinajstić information content (AvgIpc) is 1.48. The molecule has 0 aliphatic carbocycles. The molecule has 119 heavy (non-hydrogen) atoms. The van der Waals surface area contributed by atoms with E-state index in [9.17, 15) is 17.5 Å². The lowest BCUT2D eigenvalue weighted by atomic mass is 9.97. The van der Waals surface area contributed by atoms with E-state index in [0.717, 1.165) is 147 Å². The molecule has 4 saturated heterocycles. The van der Waals surface area contributed by atoms with Gasteiger partial charge in [0, 0.05) is 140 Å². The van der Waals surface area contributed by atoms with Crippen LogP contribution in [0.5, 0.6) is 11.5 Å². The maximum atomic E-state index is 13.5. The summed E-state index contributed by atoms with van der Waals surface area (Å²) < 4.78 is 72.5. The van der Waals surface area contributed by atoms with Crippen LogP contribution in [0.25, 0.3) is 44.5 Å². The molecule has 0 unspecified atom stereocenters. The highest BCUT2D eigenvalue weighted by Crippen LogP contribution is 2.46. The molecule has 15 rings (SSSR count). The van der Waals surface area contributed by atoms with Gasteiger partial charge in [0.2, 0.25) is 11.2 Å². The van der Waals surface area contributed by atoms with Crippen molar-refractivity contribution < 1.29 is 36.7 Å². The van der Waals surface area contributed by atoms with E-state index in [-0.39, 0.29) is 10.2 Å². The van der Waals surface area contributed by atoms with Crippen LogP contribution in [-0.4, -0.2) is 179 Å². The summed E-state index contributed by atoms with van der Waals surface area (Å²) >= 11 is 12.9. The number of anilines is 9. The molecule has 4 aliphatic heterocycles. The number of halogens is 3. The van der Waals surface area contributed by atoms with E-state index in [0.29, 0.717) is 50.6 Å². The van der Waals surface area contributed by atoms with Crippen molar-refractivity contribution in [1.82, 2.24) is 49.3 Å². The van der Waals surface area contributed by atoms with Crippen molar-refractivity contribution in [3.8, 4) is 56.0 Å². The van der Waals surface area contributed by atoms with Gasteiger partial charge in [-0.25, -0.2) is 9.97 Å². The van der Waals surface area contributed by atoms with Crippen LogP contribution in [0.4, 0.5) is 51.7 Å². The summed E-state index contributed by atoms with van der Waals surface area (Å²) in [7, 11) is -1.94. The minimum absolute atomic E-state index is 0.0666. The van der Waals surface area contributed by atoms with Gasteiger partial charge in [-0.15, -0.1) is 0 Å². The number of aliphatic hydroxyl groups is 1. The Morgan fingerprint density at radius 1 is 0.538 bits per heavy atom. The molecular weight excluding hydrogens is 1710 g/mol. The van der Waals surface area contributed by atoms with Crippen molar-refractivity contribution in [3.05, 3.63) is 203 Å². The Balaban J connectivity index is 0.000000171. The minimum Gasteiger partial charge on any atom is -0.495 e. The van der Waals surface area contributed by atoms with Gasteiger partial charge in [-0.05, 0) is 232 Å². The molecular formula is C89H111Br2ClN16O8P2S. The number of rotatable bonds is 21. The van der Waals surface area contributed by atoms with Crippen molar-refractivity contribution in [3.63, 3.8) is 0 Å². The first-order valence-corrected chi connectivity index (χ1v) is 49.0. The number of nitrogens with one attached hydrogen (secondary N) is 3. The Bertz CT molecular complexity index is 5380. The molecule has 0 saturated carbocycles. The molecule has 11 aromatic rings. The van der Waals surface area contributed by atoms with Gasteiger partial charge >= 0.3 is 0 Å². The van der Waals surface area contributed by atoms with E-state index in [1.165, 1.54) is 95.4 Å². The Labute approximate surface area is 722 Å². The number of nitrogens with zero attached hydrogens (tertiary/aromatic N) is 12. The predicted octanol–water partition coefficient (Wildman–Crippen LogP) is 19.2. The number of aryl methyl sites for hydroxylation is 3. The number of ether oxygens (including phenoxy) is 2. The second-order valence-electron chi connectivity index (χ2n) is 31.0. The number of hydrogen-bond donors (Lipinski definition) is 6.